The Hall–Kier alpha value is -3.35. The van der Waals surface area contributed by atoms with Gasteiger partial charge < -0.3 is 20.1 Å². The Morgan fingerprint density at radius 3 is 2.03 bits per heavy atom. The zero-order valence-electron chi connectivity index (χ0n) is 19.1. The lowest BCUT2D eigenvalue weighted by Crippen LogP contribution is -2.47. The molecule has 172 valence electrons. The van der Waals surface area contributed by atoms with Crippen LogP contribution in [-0.4, -0.2) is 36.2 Å². The monoisotopic (exact) mass is 440 g/mol. The number of hydrogen-bond donors (Lipinski definition) is 2. The van der Waals surface area contributed by atoms with Gasteiger partial charge in [-0.05, 0) is 31.9 Å². The van der Waals surface area contributed by atoms with Gasteiger partial charge in [-0.3, -0.25) is 4.79 Å². The molecule has 2 aromatic rings. The van der Waals surface area contributed by atoms with E-state index in [1.165, 1.54) is 0 Å². The van der Waals surface area contributed by atoms with E-state index in [2.05, 4.69) is 10.6 Å². The molecule has 0 aliphatic carbocycles. The van der Waals surface area contributed by atoms with Crippen LogP contribution in [0.5, 0.6) is 0 Å². The minimum atomic E-state index is -0.849. The lowest BCUT2D eigenvalue weighted by atomic mass is 10.0. The number of alkyl carbamates (subject to hydrolysis) is 1. The Labute approximate surface area is 189 Å². The molecule has 0 aromatic heterocycles. The van der Waals surface area contributed by atoms with Gasteiger partial charge in [-0.2, -0.15) is 0 Å². The van der Waals surface area contributed by atoms with E-state index in [0.29, 0.717) is 6.42 Å². The van der Waals surface area contributed by atoms with Crippen LogP contribution in [0.3, 0.4) is 0 Å². The van der Waals surface area contributed by atoms with Crippen molar-refractivity contribution >= 4 is 18.0 Å². The minimum absolute atomic E-state index is 0.0812. The first-order valence-electron chi connectivity index (χ1n) is 10.7. The number of esters is 1. The highest BCUT2D eigenvalue weighted by molar-refractivity contribution is 5.86. The normalized spacial score (nSPS) is 12.9. The van der Waals surface area contributed by atoms with Gasteiger partial charge in [0.05, 0.1) is 5.92 Å². The van der Waals surface area contributed by atoms with Gasteiger partial charge in [0.1, 0.15) is 18.2 Å². The van der Waals surface area contributed by atoms with E-state index in [4.69, 9.17) is 9.47 Å². The Morgan fingerprint density at radius 1 is 0.906 bits per heavy atom. The molecule has 32 heavy (non-hydrogen) atoms. The van der Waals surface area contributed by atoms with Crippen molar-refractivity contribution in [2.75, 3.05) is 6.54 Å². The highest BCUT2D eigenvalue weighted by Crippen LogP contribution is 2.09. The van der Waals surface area contributed by atoms with Crippen molar-refractivity contribution in [2.24, 2.45) is 5.92 Å². The second-order valence-corrected chi connectivity index (χ2v) is 8.63. The first-order chi connectivity index (χ1) is 15.1. The van der Waals surface area contributed by atoms with Crippen molar-refractivity contribution in [2.45, 2.75) is 52.4 Å². The number of benzene rings is 2. The standard InChI is InChI=1S/C25H32N2O5/c1-18(16-26-24(30)32-25(2,3)4)22(28)27-21(15-19-11-7-5-8-12-19)23(29)31-17-20-13-9-6-10-14-20/h5-14,18,21H,15-17H2,1-4H3,(H,26,30)(H,27,28)/t18?,21-/m0/s1. The number of ether oxygens (including phenoxy) is 2. The zero-order chi connectivity index (χ0) is 23.6. The topological polar surface area (TPSA) is 93.7 Å². The Balaban J connectivity index is 1.97. The van der Waals surface area contributed by atoms with Crippen LogP contribution in [-0.2, 0) is 32.1 Å². The van der Waals surface area contributed by atoms with E-state index in [9.17, 15) is 14.4 Å². The highest BCUT2D eigenvalue weighted by atomic mass is 16.6. The molecule has 0 bridgehead atoms. The SMILES string of the molecule is CC(CNC(=O)OC(C)(C)C)C(=O)N[C@@H](Cc1ccccc1)C(=O)OCc1ccccc1. The van der Waals surface area contributed by atoms with Crippen LogP contribution in [0.4, 0.5) is 4.79 Å². The fraction of sp³-hybridized carbons (Fsp3) is 0.400. The molecule has 7 heteroatoms. The number of carbonyl (C=O) groups is 3. The maximum absolute atomic E-state index is 12.8. The lowest BCUT2D eigenvalue weighted by Gasteiger charge is -2.22. The summed E-state index contributed by atoms with van der Waals surface area (Å²) in [4.78, 5) is 37.3. The molecule has 0 aliphatic heterocycles. The van der Waals surface area contributed by atoms with E-state index in [1.54, 1.807) is 27.7 Å². The smallest absolute Gasteiger partial charge is 0.407 e. The second kappa shape index (κ2) is 11.9. The van der Waals surface area contributed by atoms with Gasteiger partial charge in [-0.15, -0.1) is 0 Å². The Morgan fingerprint density at radius 2 is 1.47 bits per heavy atom. The second-order valence-electron chi connectivity index (χ2n) is 8.63. The molecule has 0 saturated heterocycles. The highest BCUT2D eigenvalue weighted by Gasteiger charge is 2.26. The largest absolute Gasteiger partial charge is 0.459 e. The van der Waals surface area contributed by atoms with Gasteiger partial charge in [0, 0.05) is 13.0 Å². The molecule has 0 fully saturated rings. The van der Waals surface area contributed by atoms with E-state index in [-0.39, 0.29) is 19.1 Å². The summed E-state index contributed by atoms with van der Waals surface area (Å²) in [6.07, 6.45) is -0.299. The average molecular weight is 441 g/mol. The number of nitrogens with one attached hydrogen (secondary N) is 2. The third-order valence-corrected chi connectivity index (χ3v) is 4.51. The fourth-order valence-corrected chi connectivity index (χ4v) is 2.83. The molecule has 0 aliphatic rings. The minimum Gasteiger partial charge on any atom is -0.459 e. The molecular formula is C25H32N2O5. The molecule has 2 atom stereocenters. The lowest BCUT2D eigenvalue weighted by molar-refractivity contribution is -0.149. The summed E-state index contributed by atoms with van der Waals surface area (Å²) in [6, 6.07) is 17.9. The van der Waals surface area contributed by atoms with Crippen molar-refractivity contribution in [1.82, 2.24) is 10.6 Å². The van der Waals surface area contributed by atoms with Gasteiger partial charge in [0.25, 0.3) is 0 Å². The van der Waals surface area contributed by atoms with Gasteiger partial charge in [0.15, 0.2) is 0 Å². The van der Waals surface area contributed by atoms with Gasteiger partial charge in [-0.25, -0.2) is 9.59 Å². The quantitative estimate of drug-likeness (QED) is 0.581. The summed E-state index contributed by atoms with van der Waals surface area (Å²) in [6.45, 7) is 7.16. The molecule has 0 saturated carbocycles. The average Bonchev–Trinajstić information content (AvgIpc) is 2.75. The van der Waals surface area contributed by atoms with Crippen LogP contribution >= 0.6 is 0 Å². The molecular weight excluding hydrogens is 408 g/mol. The van der Waals surface area contributed by atoms with Gasteiger partial charge >= 0.3 is 12.1 Å². The van der Waals surface area contributed by atoms with Crippen molar-refractivity contribution in [3.05, 3.63) is 71.8 Å². The van der Waals surface area contributed by atoms with Crippen LogP contribution in [0.25, 0.3) is 0 Å². The van der Waals surface area contributed by atoms with Crippen LogP contribution in [0.2, 0.25) is 0 Å². The number of hydrogen-bond acceptors (Lipinski definition) is 5. The predicted octanol–water partition coefficient (Wildman–Crippen LogP) is 3.62. The molecule has 0 heterocycles. The van der Waals surface area contributed by atoms with Gasteiger partial charge in [0.2, 0.25) is 5.91 Å². The molecule has 0 radical (unpaired) electrons. The summed E-state index contributed by atoms with van der Waals surface area (Å²) < 4.78 is 10.6. The van der Waals surface area contributed by atoms with E-state index in [1.807, 2.05) is 60.7 Å². The summed E-state index contributed by atoms with van der Waals surface area (Å²) >= 11 is 0. The van der Waals surface area contributed by atoms with E-state index in [0.717, 1.165) is 11.1 Å². The number of amides is 2. The van der Waals surface area contributed by atoms with Crippen molar-refractivity contribution < 1.29 is 23.9 Å². The maximum Gasteiger partial charge on any atom is 0.407 e. The first-order valence-corrected chi connectivity index (χ1v) is 10.7. The molecule has 2 rings (SSSR count). The molecule has 2 amide bonds. The number of carbonyl (C=O) groups excluding carboxylic acids is 3. The summed E-state index contributed by atoms with van der Waals surface area (Å²) in [5, 5.41) is 5.35. The van der Waals surface area contributed by atoms with Crippen molar-refractivity contribution in [3.63, 3.8) is 0 Å². The Bertz CT molecular complexity index is 878. The van der Waals surface area contributed by atoms with Crippen molar-refractivity contribution in [3.8, 4) is 0 Å². The molecule has 2 aromatic carbocycles. The predicted molar refractivity (Wildman–Crippen MR) is 122 cm³/mol. The van der Waals surface area contributed by atoms with E-state index >= 15 is 0 Å². The van der Waals surface area contributed by atoms with Gasteiger partial charge in [-0.1, -0.05) is 67.6 Å². The van der Waals surface area contributed by atoms with Crippen molar-refractivity contribution in [1.29, 1.82) is 0 Å². The maximum atomic E-state index is 12.8. The molecule has 0 spiro atoms. The van der Waals surface area contributed by atoms with E-state index < -0.39 is 29.6 Å². The summed E-state index contributed by atoms with van der Waals surface area (Å²) in [5.41, 5.74) is 1.13. The fourth-order valence-electron chi connectivity index (χ4n) is 2.83. The first kappa shape index (κ1) is 24.9. The summed E-state index contributed by atoms with van der Waals surface area (Å²) in [7, 11) is 0. The van der Waals surface area contributed by atoms with Crippen LogP contribution in [0, 0.1) is 5.92 Å². The Kier molecular flexibility index (Phi) is 9.25. The third-order valence-electron chi connectivity index (χ3n) is 4.51. The van der Waals surface area contributed by atoms with Crippen LogP contribution in [0.15, 0.2) is 60.7 Å². The molecule has 7 nitrogen and oxygen atoms in total. The molecule has 1 unspecified atom stereocenters. The van der Waals surface area contributed by atoms with Crippen LogP contribution < -0.4 is 10.6 Å². The third kappa shape index (κ3) is 9.20. The molecule has 2 N–H and O–H groups in total. The zero-order valence-corrected chi connectivity index (χ0v) is 19.1. The summed E-state index contributed by atoms with van der Waals surface area (Å²) in [5.74, 6) is -1.44. The number of rotatable bonds is 9. The van der Waals surface area contributed by atoms with Crippen LogP contribution in [0.1, 0.15) is 38.8 Å².